The number of likely N-dealkylation sites (tertiary alicyclic amines) is 1. The Kier molecular flexibility index (Phi) is 5.96. The zero-order valence-corrected chi connectivity index (χ0v) is 13.3. The highest BCUT2D eigenvalue weighted by Crippen LogP contribution is 2.23. The summed E-state index contributed by atoms with van der Waals surface area (Å²) in [5.41, 5.74) is 6.62. The maximum absolute atomic E-state index is 9.42. The van der Waals surface area contributed by atoms with Gasteiger partial charge in [0.25, 0.3) is 0 Å². The molecule has 3 N–H and O–H groups in total. The van der Waals surface area contributed by atoms with Crippen LogP contribution in [-0.4, -0.2) is 47.3 Å². The molecule has 0 bridgehead atoms. The Hall–Kier alpha value is -1.17. The van der Waals surface area contributed by atoms with Crippen LogP contribution in [0.5, 0.6) is 5.75 Å². The number of ether oxygens (including phenoxy) is 1. The van der Waals surface area contributed by atoms with Crippen molar-refractivity contribution >= 4 is 17.2 Å². The van der Waals surface area contributed by atoms with Crippen molar-refractivity contribution in [1.29, 1.82) is 0 Å². The molecule has 2 rings (SSSR count). The summed E-state index contributed by atoms with van der Waals surface area (Å²) >= 11 is 4.89. The van der Waals surface area contributed by atoms with Crippen molar-refractivity contribution < 1.29 is 9.84 Å². The van der Waals surface area contributed by atoms with Crippen LogP contribution in [0.25, 0.3) is 0 Å². The predicted molar refractivity (Wildman–Crippen MR) is 88.7 cm³/mol. The third kappa shape index (κ3) is 4.66. The Morgan fingerprint density at radius 2 is 2.14 bits per heavy atom. The van der Waals surface area contributed by atoms with Crippen LogP contribution in [0.4, 0.5) is 0 Å². The molecule has 0 amide bonds. The molecule has 1 aliphatic heterocycles. The first-order chi connectivity index (χ1) is 10.1. The topological polar surface area (TPSA) is 58.7 Å². The first-order valence-electron chi connectivity index (χ1n) is 7.45. The average molecular weight is 308 g/mol. The Morgan fingerprint density at radius 3 is 2.76 bits per heavy atom. The van der Waals surface area contributed by atoms with Gasteiger partial charge in [0.1, 0.15) is 12.4 Å². The van der Waals surface area contributed by atoms with E-state index in [9.17, 15) is 5.11 Å². The average Bonchev–Trinajstić information content (AvgIpc) is 2.80. The van der Waals surface area contributed by atoms with Gasteiger partial charge >= 0.3 is 0 Å². The molecule has 1 aromatic carbocycles. The Bertz CT molecular complexity index is 464. The highest BCUT2D eigenvalue weighted by Gasteiger charge is 2.29. The third-order valence-electron chi connectivity index (χ3n) is 4.13. The molecule has 1 heterocycles. The summed E-state index contributed by atoms with van der Waals surface area (Å²) < 4.78 is 5.77. The predicted octanol–water partition coefficient (Wildman–Crippen LogP) is 1.60. The highest BCUT2D eigenvalue weighted by atomic mass is 32.1. The van der Waals surface area contributed by atoms with Crippen LogP contribution < -0.4 is 10.5 Å². The van der Waals surface area contributed by atoms with E-state index in [0.29, 0.717) is 23.9 Å². The molecule has 0 aromatic heterocycles. The second kappa shape index (κ2) is 7.73. The Morgan fingerprint density at radius 1 is 1.43 bits per heavy atom. The molecule has 1 aromatic rings. The standard InChI is InChI=1S/C16H24N2O2S/c1-12-6-7-18(15(12)11-19)8-9-20-14-4-2-13(3-5-14)10-16(17)21/h2-5,12,15,19H,6-11H2,1H3,(H2,17,21). The smallest absolute Gasteiger partial charge is 0.119 e. The van der Waals surface area contributed by atoms with Crippen molar-refractivity contribution in [2.24, 2.45) is 11.7 Å². The Balaban J connectivity index is 1.77. The molecule has 0 aliphatic carbocycles. The lowest BCUT2D eigenvalue weighted by molar-refractivity contribution is 0.123. The number of thiocarbonyl (C=S) groups is 1. The van der Waals surface area contributed by atoms with Crippen LogP contribution >= 0.6 is 12.2 Å². The van der Waals surface area contributed by atoms with Crippen molar-refractivity contribution in [3.05, 3.63) is 29.8 Å². The summed E-state index contributed by atoms with van der Waals surface area (Å²) in [6.45, 7) is 4.96. The van der Waals surface area contributed by atoms with Gasteiger partial charge in [-0.05, 0) is 36.6 Å². The van der Waals surface area contributed by atoms with Gasteiger partial charge in [0.2, 0.25) is 0 Å². The summed E-state index contributed by atoms with van der Waals surface area (Å²) in [5.74, 6) is 1.42. The van der Waals surface area contributed by atoms with Gasteiger partial charge in [-0.25, -0.2) is 0 Å². The molecule has 4 nitrogen and oxygen atoms in total. The van der Waals surface area contributed by atoms with E-state index in [1.807, 2.05) is 24.3 Å². The molecule has 2 unspecified atom stereocenters. The summed E-state index contributed by atoms with van der Waals surface area (Å²) in [5, 5.41) is 9.42. The summed E-state index contributed by atoms with van der Waals surface area (Å²) in [7, 11) is 0. The number of hydrogen-bond donors (Lipinski definition) is 2. The van der Waals surface area contributed by atoms with Gasteiger partial charge in [0, 0.05) is 19.0 Å². The first kappa shape index (κ1) is 16.2. The van der Waals surface area contributed by atoms with Gasteiger partial charge in [0.05, 0.1) is 11.6 Å². The number of aliphatic hydroxyl groups excluding tert-OH is 1. The van der Waals surface area contributed by atoms with Gasteiger partial charge in [-0.2, -0.15) is 0 Å². The minimum absolute atomic E-state index is 0.231. The zero-order chi connectivity index (χ0) is 15.2. The largest absolute Gasteiger partial charge is 0.492 e. The quantitative estimate of drug-likeness (QED) is 0.749. The van der Waals surface area contributed by atoms with Crippen molar-refractivity contribution in [3.8, 4) is 5.75 Å². The fourth-order valence-corrected chi connectivity index (χ4v) is 3.01. The molecule has 0 radical (unpaired) electrons. The highest BCUT2D eigenvalue weighted by molar-refractivity contribution is 7.80. The number of nitrogens with zero attached hydrogens (tertiary/aromatic N) is 1. The molecule has 116 valence electrons. The van der Waals surface area contributed by atoms with Crippen LogP contribution in [0.3, 0.4) is 0 Å². The third-order valence-corrected chi connectivity index (χ3v) is 4.28. The Labute approximate surface area is 131 Å². The normalized spacial score (nSPS) is 22.4. The van der Waals surface area contributed by atoms with Crippen LogP contribution in [0.1, 0.15) is 18.9 Å². The van der Waals surface area contributed by atoms with E-state index < -0.39 is 0 Å². The number of rotatable bonds is 7. The van der Waals surface area contributed by atoms with Gasteiger partial charge in [0.15, 0.2) is 0 Å². The van der Waals surface area contributed by atoms with Gasteiger partial charge in [-0.15, -0.1) is 0 Å². The van der Waals surface area contributed by atoms with Crippen molar-refractivity contribution in [1.82, 2.24) is 4.90 Å². The fraction of sp³-hybridized carbons (Fsp3) is 0.562. The lowest BCUT2D eigenvalue weighted by Crippen LogP contribution is -2.37. The number of aliphatic hydroxyl groups is 1. The van der Waals surface area contributed by atoms with Crippen LogP contribution in [0, 0.1) is 5.92 Å². The molecular formula is C16H24N2O2S. The maximum Gasteiger partial charge on any atom is 0.119 e. The van der Waals surface area contributed by atoms with Crippen LogP contribution in [0.15, 0.2) is 24.3 Å². The summed E-state index contributed by atoms with van der Waals surface area (Å²) in [6, 6.07) is 8.15. The van der Waals surface area contributed by atoms with E-state index in [1.165, 1.54) is 0 Å². The van der Waals surface area contributed by atoms with E-state index in [4.69, 9.17) is 22.7 Å². The van der Waals surface area contributed by atoms with Gasteiger partial charge < -0.3 is 15.6 Å². The monoisotopic (exact) mass is 308 g/mol. The fourth-order valence-electron chi connectivity index (χ4n) is 2.85. The molecule has 0 saturated carbocycles. The van der Waals surface area contributed by atoms with Crippen molar-refractivity contribution in [2.75, 3.05) is 26.3 Å². The van der Waals surface area contributed by atoms with Crippen LogP contribution in [-0.2, 0) is 6.42 Å². The zero-order valence-electron chi connectivity index (χ0n) is 12.5. The minimum atomic E-state index is 0.231. The maximum atomic E-state index is 9.42. The molecule has 0 spiro atoms. The molecule has 2 atom stereocenters. The minimum Gasteiger partial charge on any atom is -0.492 e. The molecule has 1 fully saturated rings. The first-order valence-corrected chi connectivity index (χ1v) is 7.86. The van der Waals surface area contributed by atoms with E-state index in [1.54, 1.807) is 0 Å². The number of benzene rings is 1. The van der Waals surface area contributed by atoms with E-state index in [-0.39, 0.29) is 12.6 Å². The molecule has 5 heteroatoms. The number of hydrogen-bond acceptors (Lipinski definition) is 4. The van der Waals surface area contributed by atoms with Gasteiger partial charge in [-0.1, -0.05) is 31.3 Å². The second-order valence-corrected chi connectivity index (χ2v) is 6.21. The van der Waals surface area contributed by atoms with Gasteiger partial charge in [-0.3, -0.25) is 4.90 Å². The lowest BCUT2D eigenvalue weighted by Gasteiger charge is -2.24. The van der Waals surface area contributed by atoms with Crippen LogP contribution in [0.2, 0.25) is 0 Å². The van der Waals surface area contributed by atoms with E-state index in [0.717, 1.165) is 30.8 Å². The molecular weight excluding hydrogens is 284 g/mol. The molecule has 21 heavy (non-hydrogen) atoms. The molecule has 1 aliphatic rings. The lowest BCUT2D eigenvalue weighted by atomic mass is 10.0. The SMILES string of the molecule is CC1CCN(CCOc2ccc(CC(N)=S)cc2)C1CO. The number of nitrogens with two attached hydrogens (primary N) is 1. The summed E-state index contributed by atoms with van der Waals surface area (Å²) in [4.78, 5) is 2.81. The molecule has 1 saturated heterocycles. The van der Waals surface area contributed by atoms with E-state index >= 15 is 0 Å². The van der Waals surface area contributed by atoms with Crippen molar-refractivity contribution in [3.63, 3.8) is 0 Å². The summed E-state index contributed by atoms with van der Waals surface area (Å²) in [6.07, 6.45) is 1.78. The van der Waals surface area contributed by atoms with E-state index in [2.05, 4.69) is 11.8 Å². The second-order valence-electron chi connectivity index (χ2n) is 5.69. The van der Waals surface area contributed by atoms with Crippen molar-refractivity contribution in [2.45, 2.75) is 25.8 Å².